The van der Waals surface area contributed by atoms with Gasteiger partial charge in [-0.2, -0.15) is 0 Å². The second kappa shape index (κ2) is 6.77. The fourth-order valence-electron chi connectivity index (χ4n) is 1.96. The van der Waals surface area contributed by atoms with E-state index < -0.39 is 0 Å². The largest absolute Gasteiger partial charge is 0.330 e. The monoisotopic (exact) mass is 281 g/mol. The Morgan fingerprint density at radius 2 is 2.19 bits per heavy atom. The number of halogens is 2. The normalized spacial score (nSPS) is 18.4. The maximum absolute atomic E-state index is 5.80. The molecule has 2 heterocycles. The maximum atomic E-state index is 5.80. The quantitative estimate of drug-likeness (QED) is 0.925. The molecule has 1 aromatic heterocycles. The minimum absolute atomic E-state index is 0. The molecule has 6 heteroatoms. The number of thiazole rings is 1. The first-order chi connectivity index (χ1) is 7.28. The van der Waals surface area contributed by atoms with Crippen LogP contribution in [0.25, 0.3) is 0 Å². The molecule has 0 unspecified atom stereocenters. The summed E-state index contributed by atoms with van der Waals surface area (Å²) >= 11 is 7.37. The number of aromatic nitrogens is 1. The molecule has 0 amide bonds. The minimum atomic E-state index is 0. The van der Waals surface area contributed by atoms with Gasteiger partial charge in [-0.05, 0) is 38.4 Å². The molecule has 0 bridgehead atoms. The van der Waals surface area contributed by atoms with Crippen LogP contribution in [0, 0.1) is 5.92 Å². The molecule has 1 aliphatic heterocycles. The molecule has 0 spiro atoms. The van der Waals surface area contributed by atoms with E-state index in [-0.39, 0.29) is 12.4 Å². The molecule has 16 heavy (non-hydrogen) atoms. The fourth-order valence-corrected chi connectivity index (χ4v) is 2.98. The van der Waals surface area contributed by atoms with Gasteiger partial charge in [-0.3, -0.25) is 4.90 Å². The minimum Gasteiger partial charge on any atom is -0.330 e. The average molecular weight is 282 g/mol. The maximum Gasteiger partial charge on any atom is 0.183 e. The highest BCUT2D eigenvalue weighted by Gasteiger charge is 2.18. The van der Waals surface area contributed by atoms with Gasteiger partial charge in [0.2, 0.25) is 0 Å². The molecule has 0 radical (unpaired) electrons. The van der Waals surface area contributed by atoms with Crippen LogP contribution < -0.4 is 5.73 Å². The van der Waals surface area contributed by atoms with E-state index in [4.69, 9.17) is 17.3 Å². The van der Waals surface area contributed by atoms with Crippen LogP contribution in [0.1, 0.15) is 17.7 Å². The first-order valence-corrected chi connectivity index (χ1v) is 6.50. The van der Waals surface area contributed by atoms with Gasteiger partial charge in [0.15, 0.2) is 4.47 Å². The summed E-state index contributed by atoms with van der Waals surface area (Å²) in [6.45, 7) is 4.12. The third-order valence-electron chi connectivity index (χ3n) is 2.95. The van der Waals surface area contributed by atoms with Crippen molar-refractivity contribution in [2.75, 3.05) is 19.6 Å². The van der Waals surface area contributed by atoms with E-state index in [9.17, 15) is 0 Å². The summed E-state index contributed by atoms with van der Waals surface area (Å²) in [6.07, 6.45) is 4.33. The zero-order valence-corrected chi connectivity index (χ0v) is 11.5. The van der Waals surface area contributed by atoms with E-state index in [1.807, 2.05) is 6.20 Å². The van der Waals surface area contributed by atoms with Crippen molar-refractivity contribution >= 4 is 35.3 Å². The van der Waals surface area contributed by atoms with Crippen molar-refractivity contribution in [1.82, 2.24) is 9.88 Å². The van der Waals surface area contributed by atoms with Gasteiger partial charge in [-0.1, -0.05) is 11.6 Å². The van der Waals surface area contributed by atoms with Crippen LogP contribution >= 0.6 is 35.3 Å². The van der Waals surface area contributed by atoms with Gasteiger partial charge in [0.05, 0.1) is 0 Å². The molecule has 1 fully saturated rings. The predicted molar refractivity (Wildman–Crippen MR) is 71.4 cm³/mol. The van der Waals surface area contributed by atoms with Crippen LogP contribution in [0.3, 0.4) is 0 Å². The van der Waals surface area contributed by atoms with Gasteiger partial charge >= 0.3 is 0 Å². The van der Waals surface area contributed by atoms with Gasteiger partial charge in [0, 0.05) is 17.6 Å². The Morgan fingerprint density at radius 1 is 1.50 bits per heavy atom. The number of nitrogens with zero attached hydrogens (tertiary/aromatic N) is 2. The molecule has 0 atom stereocenters. The molecular weight excluding hydrogens is 265 g/mol. The molecule has 0 saturated carbocycles. The summed E-state index contributed by atoms with van der Waals surface area (Å²) in [4.78, 5) is 7.76. The molecular formula is C10H17Cl2N3S. The Hall–Kier alpha value is 0.130. The Morgan fingerprint density at radius 3 is 2.69 bits per heavy atom. The molecule has 2 rings (SSSR count). The first kappa shape index (κ1) is 14.2. The zero-order chi connectivity index (χ0) is 10.7. The SMILES string of the molecule is Cl.NCC1CCN(Cc2cnc(Cl)s2)CC1. The Balaban J connectivity index is 0.00000128. The molecule has 3 nitrogen and oxygen atoms in total. The number of likely N-dealkylation sites (tertiary alicyclic amines) is 1. The van der Waals surface area contributed by atoms with Gasteiger partial charge in [-0.25, -0.2) is 4.98 Å². The van der Waals surface area contributed by atoms with Crippen molar-refractivity contribution in [2.45, 2.75) is 19.4 Å². The van der Waals surface area contributed by atoms with Crippen LogP contribution in [0.5, 0.6) is 0 Å². The second-order valence-corrected chi connectivity index (χ2v) is 5.73. The van der Waals surface area contributed by atoms with Crippen molar-refractivity contribution in [3.05, 3.63) is 15.5 Å². The van der Waals surface area contributed by atoms with E-state index in [1.165, 1.54) is 17.7 Å². The number of piperidine rings is 1. The molecule has 92 valence electrons. The van der Waals surface area contributed by atoms with Gasteiger partial charge in [0.25, 0.3) is 0 Å². The summed E-state index contributed by atoms with van der Waals surface area (Å²) in [5.74, 6) is 0.728. The average Bonchev–Trinajstić information content (AvgIpc) is 2.65. The molecule has 0 aliphatic carbocycles. The molecule has 1 aromatic rings. The molecule has 1 aliphatic rings. The van der Waals surface area contributed by atoms with Gasteiger partial charge < -0.3 is 5.73 Å². The first-order valence-electron chi connectivity index (χ1n) is 5.30. The lowest BCUT2D eigenvalue weighted by Crippen LogP contribution is -2.35. The topological polar surface area (TPSA) is 42.1 Å². The number of nitrogens with two attached hydrogens (primary N) is 1. The molecule has 0 aromatic carbocycles. The standard InChI is InChI=1S/C10H16ClN3S.ClH/c11-10-13-6-9(15-10)7-14-3-1-8(5-12)2-4-14;/h6,8H,1-5,7,12H2;1H. The Bertz CT molecular complexity index is 311. The summed E-state index contributed by atoms with van der Waals surface area (Å²) in [5.41, 5.74) is 5.66. The Labute approximate surface area is 111 Å². The molecule has 1 saturated heterocycles. The summed E-state index contributed by atoms with van der Waals surface area (Å²) in [6, 6.07) is 0. The van der Waals surface area contributed by atoms with E-state index in [0.717, 1.165) is 32.1 Å². The lowest BCUT2D eigenvalue weighted by Gasteiger charge is -2.30. The smallest absolute Gasteiger partial charge is 0.183 e. The van der Waals surface area contributed by atoms with Crippen LogP contribution in [-0.2, 0) is 6.54 Å². The molecule has 2 N–H and O–H groups in total. The number of hydrogen-bond acceptors (Lipinski definition) is 4. The zero-order valence-electron chi connectivity index (χ0n) is 9.06. The fraction of sp³-hybridized carbons (Fsp3) is 0.700. The van der Waals surface area contributed by atoms with E-state index in [1.54, 1.807) is 11.3 Å². The van der Waals surface area contributed by atoms with Gasteiger partial charge in [0.1, 0.15) is 0 Å². The third-order valence-corrected chi connectivity index (χ3v) is 4.04. The number of hydrogen-bond donors (Lipinski definition) is 1. The summed E-state index contributed by atoms with van der Waals surface area (Å²) in [5, 5.41) is 0. The van der Waals surface area contributed by atoms with Crippen molar-refractivity contribution < 1.29 is 0 Å². The number of rotatable bonds is 3. The summed E-state index contributed by atoms with van der Waals surface area (Å²) < 4.78 is 0.641. The lowest BCUT2D eigenvalue weighted by atomic mass is 9.97. The van der Waals surface area contributed by atoms with Crippen LogP contribution in [0.4, 0.5) is 0 Å². The lowest BCUT2D eigenvalue weighted by molar-refractivity contribution is 0.182. The highest BCUT2D eigenvalue weighted by molar-refractivity contribution is 7.15. The van der Waals surface area contributed by atoms with Crippen LogP contribution in [0.15, 0.2) is 6.20 Å². The third kappa shape index (κ3) is 3.86. The van der Waals surface area contributed by atoms with Crippen molar-refractivity contribution in [1.29, 1.82) is 0 Å². The van der Waals surface area contributed by atoms with Crippen molar-refractivity contribution in [3.8, 4) is 0 Å². The highest BCUT2D eigenvalue weighted by atomic mass is 35.5. The highest BCUT2D eigenvalue weighted by Crippen LogP contribution is 2.22. The predicted octanol–water partition coefficient (Wildman–Crippen LogP) is 2.39. The van der Waals surface area contributed by atoms with E-state index in [0.29, 0.717) is 4.47 Å². The van der Waals surface area contributed by atoms with Crippen LogP contribution in [-0.4, -0.2) is 29.5 Å². The second-order valence-electron chi connectivity index (χ2n) is 4.03. The van der Waals surface area contributed by atoms with Crippen LogP contribution in [0.2, 0.25) is 4.47 Å². The van der Waals surface area contributed by atoms with E-state index >= 15 is 0 Å². The van der Waals surface area contributed by atoms with Gasteiger partial charge in [-0.15, -0.1) is 23.7 Å². The summed E-state index contributed by atoms with van der Waals surface area (Å²) in [7, 11) is 0. The Kier molecular flexibility index (Phi) is 6.00. The van der Waals surface area contributed by atoms with Crippen molar-refractivity contribution in [3.63, 3.8) is 0 Å². The van der Waals surface area contributed by atoms with E-state index in [2.05, 4.69) is 9.88 Å². The van der Waals surface area contributed by atoms with Crippen molar-refractivity contribution in [2.24, 2.45) is 11.7 Å².